The minimum Gasteiger partial charge on any atom is -0.496 e. The summed E-state index contributed by atoms with van der Waals surface area (Å²) in [6.07, 6.45) is 0.649. The number of likely N-dealkylation sites (N-methyl/N-ethyl adjacent to an activating group) is 1. The molecule has 0 spiro atoms. The number of benzene rings is 2. The fourth-order valence-corrected chi connectivity index (χ4v) is 2.72. The van der Waals surface area contributed by atoms with E-state index in [1.54, 1.807) is 37.3 Å². The highest BCUT2D eigenvalue weighted by Gasteiger charge is 2.22. The van der Waals surface area contributed by atoms with Gasteiger partial charge in [-0.15, -0.1) is 0 Å². The summed E-state index contributed by atoms with van der Waals surface area (Å²) >= 11 is 0. The molecule has 2 aromatic carbocycles. The van der Waals surface area contributed by atoms with E-state index in [1.165, 1.54) is 0 Å². The number of para-hydroxylation sites is 1. The van der Waals surface area contributed by atoms with Gasteiger partial charge in [0.2, 0.25) is 0 Å². The number of amides is 2. The van der Waals surface area contributed by atoms with Crippen LogP contribution in [0.5, 0.6) is 11.5 Å². The zero-order valence-corrected chi connectivity index (χ0v) is 14.2. The predicted molar refractivity (Wildman–Crippen MR) is 94.4 cm³/mol. The lowest BCUT2D eigenvalue weighted by Crippen LogP contribution is -2.35. The first kappa shape index (κ1) is 16.8. The minimum atomic E-state index is -0.175. The fraction of sp³-hybridized carbons (Fsp3) is 0.263. The zero-order chi connectivity index (χ0) is 17.8. The number of anilines is 1. The number of hydrogen-bond acceptors (Lipinski definition) is 4. The van der Waals surface area contributed by atoms with Crippen LogP contribution in [0.15, 0.2) is 42.5 Å². The second-order valence-corrected chi connectivity index (χ2v) is 5.75. The van der Waals surface area contributed by atoms with Gasteiger partial charge in [0.05, 0.1) is 18.4 Å². The summed E-state index contributed by atoms with van der Waals surface area (Å²) < 4.78 is 10.6. The maximum Gasteiger partial charge on any atom is 0.264 e. The topological polar surface area (TPSA) is 67.9 Å². The molecule has 6 heteroatoms. The van der Waals surface area contributed by atoms with Gasteiger partial charge in [-0.25, -0.2) is 0 Å². The normalized spacial score (nSPS) is 13.0. The third kappa shape index (κ3) is 3.57. The predicted octanol–water partition coefficient (Wildman–Crippen LogP) is 2.02. The van der Waals surface area contributed by atoms with Gasteiger partial charge in [0.25, 0.3) is 11.8 Å². The van der Waals surface area contributed by atoms with Crippen LogP contribution in [0, 0.1) is 0 Å². The van der Waals surface area contributed by atoms with E-state index in [0.29, 0.717) is 30.0 Å². The van der Waals surface area contributed by atoms with Gasteiger partial charge in [0.1, 0.15) is 11.5 Å². The summed E-state index contributed by atoms with van der Waals surface area (Å²) in [5.74, 6) is 0.995. The largest absolute Gasteiger partial charge is 0.496 e. The first-order valence-corrected chi connectivity index (χ1v) is 8.03. The van der Waals surface area contributed by atoms with Crippen LogP contribution < -0.4 is 19.7 Å². The molecule has 25 heavy (non-hydrogen) atoms. The maximum absolute atomic E-state index is 12.3. The summed E-state index contributed by atoms with van der Waals surface area (Å²) in [6, 6.07) is 12.8. The Hall–Kier alpha value is -3.02. The van der Waals surface area contributed by atoms with Gasteiger partial charge in [-0.05, 0) is 36.2 Å². The number of fused-ring (bicyclic) bond motifs is 1. The number of ether oxygens (including phenoxy) is 2. The average Bonchev–Trinajstić information content (AvgIpc) is 2.65. The van der Waals surface area contributed by atoms with E-state index in [9.17, 15) is 9.59 Å². The van der Waals surface area contributed by atoms with E-state index >= 15 is 0 Å². The second-order valence-electron chi connectivity index (χ2n) is 5.75. The number of methoxy groups -OCH3 is 1. The van der Waals surface area contributed by atoms with Crippen LogP contribution in [0.4, 0.5) is 5.69 Å². The van der Waals surface area contributed by atoms with E-state index in [0.717, 1.165) is 11.3 Å². The Balaban J connectivity index is 1.63. The first-order chi connectivity index (χ1) is 12.1. The summed E-state index contributed by atoms with van der Waals surface area (Å²) in [5.41, 5.74) is 2.28. The van der Waals surface area contributed by atoms with Crippen molar-refractivity contribution in [2.45, 2.75) is 6.42 Å². The van der Waals surface area contributed by atoms with Crippen molar-refractivity contribution in [3.05, 3.63) is 53.6 Å². The Labute approximate surface area is 146 Å². The van der Waals surface area contributed by atoms with Crippen LogP contribution in [0.1, 0.15) is 15.9 Å². The summed E-state index contributed by atoms with van der Waals surface area (Å²) in [5, 5.41) is 2.89. The first-order valence-electron chi connectivity index (χ1n) is 8.03. The Kier molecular flexibility index (Phi) is 4.88. The van der Waals surface area contributed by atoms with E-state index in [4.69, 9.17) is 9.47 Å². The van der Waals surface area contributed by atoms with E-state index in [1.807, 2.05) is 24.3 Å². The molecule has 6 nitrogen and oxygen atoms in total. The van der Waals surface area contributed by atoms with Crippen molar-refractivity contribution < 1.29 is 19.1 Å². The second kappa shape index (κ2) is 7.25. The number of nitrogens with one attached hydrogen (secondary N) is 1. The Morgan fingerprint density at radius 2 is 2.08 bits per heavy atom. The van der Waals surface area contributed by atoms with Crippen LogP contribution in [0.3, 0.4) is 0 Å². The van der Waals surface area contributed by atoms with Crippen LogP contribution in [-0.2, 0) is 11.2 Å². The zero-order valence-electron chi connectivity index (χ0n) is 14.2. The van der Waals surface area contributed by atoms with Gasteiger partial charge in [0.15, 0.2) is 6.61 Å². The lowest BCUT2D eigenvalue weighted by atomic mass is 10.1. The molecule has 1 N–H and O–H groups in total. The van der Waals surface area contributed by atoms with Gasteiger partial charge in [-0.3, -0.25) is 9.59 Å². The standard InChI is InChI=1S/C19H20N2O4/c1-21-15-11-13(7-8-17(15)25-12-18(21)22)9-10-20-19(23)14-5-3-4-6-16(14)24-2/h3-8,11H,9-10,12H2,1-2H3,(H,20,23). The van der Waals surface area contributed by atoms with Crippen molar-refractivity contribution in [2.24, 2.45) is 0 Å². The molecule has 2 amide bonds. The lowest BCUT2D eigenvalue weighted by molar-refractivity contribution is -0.120. The van der Waals surface area contributed by atoms with Crippen molar-refractivity contribution in [1.29, 1.82) is 0 Å². The van der Waals surface area contributed by atoms with Crippen molar-refractivity contribution >= 4 is 17.5 Å². The molecule has 1 aliphatic heterocycles. The molecule has 0 fully saturated rings. The highest BCUT2D eigenvalue weighted by atomic mass is 16.5. The fourth-order valence-electron chi connectivity index (χ4n) is 2.72. The van der Waals surface area contributed by atoms with Crippen LogP contribution in [0.2, 0.25) is 0 Å². The van der Waals surface area contributed by atoms with Gasteiger partial charge >= 0.3 is 0 Å². The number of rotatable bonds is 5. The van der Waals surface area contributed by atoms with Crippen molar-refractivity contribution in [3.63, 3.8) is 0 Å². The molecular weight excluding hydrogens is 320 g/mol. The van der Waals surface area contributed by atoms with Crippen LogP contribution in [0.25, 0.3) is 0 Å². The Bertz CT molecular complexity index is 804. The highest BCUT2D eigenvalue weighted by molar-refractivity contribution is 5.97. The molecule has 0 saturated carbocycles. The molecule has 0 unspecified atom stereocenters. The Morgan fingerprint density at radius 1 is 1.28 bits per heavy atom. The van der Waals surface area contributed by atoms with E-state index in [-0.39, 0.29) is 18.4 Å². The third-order valence-electron chi connectivity index (χ3n) is 4.16. The molecule has 0 aromatic heterocycles. The molecule has 0 atom stereocenters. The molecule has 0 bridgehead atoms. The van der Waals surface area contributed by atoms with Gasteiger partial charge in [0, 0.05) is 13.6 Å². The highest BCUT2D eigenvalue weighted by Crippen LogP contribution is 2.32. The molecule has 130 valence electrons. The van der Waals surface area contributed by atoms with Crippen LogP contribution >= 0.6 is 0 Å². The van der Waals surface area contributed by atoms with Crippen molar-refractivity contribution in [1.82, 2.24) is 5.32 Å². The summed E-state index contributed by atoms with van der Waals surface area (Å²) in [6.45, 7) is 0.548. The number of carbonyl (C=O) groups is 2. The quantitative estimate of drug-likeness (QED) is 0.904. The smallest absolute Gasteiger partial charge is 0.264 e. The molecule has 2 aromatic rings. The minimum absolute atomic E-state index is 0.0673. The van der Waals surface area contributed by atoms with E-state index in [2.05, 4.69) is 5.32 Å². The molecule has 3 rings (SSSR count). The van der Waals surface area contributed by atoms with Gasteiger partial charge < -0.3 is 19.7 Å². The third-order valence-corrected chi connectivity index (χ3v) is 4.16. The number of carbonyl (C=O) groups excluding carboxylic acids is 2. The van der Waals surface area contributed by atoms with Gasteiger partial charge in [-0.2, -0.15) is 0 Å². The van der Waals surface area contributed by atoms with Gasteiger partial charge in [-0.1, -0.05) is 18.2 Å². The molecule has 0 aliphatic carbocycles. The number of hydrogen-bond donors (Lipinski definition) is 1. The summed E-state index contributed by atoms with van der Waals surface area (Å²) in [4.78, 5) is 25.6. The molecule has 1 heterocycles. The Morgan fingerprint density at radius 3 is 2.88 bits per heavy atom. The maximum atomic E-state index is 12.3. The van der Waals surface area contributed by atoms with Crippen LogP contribution in [-0.4, -0.2) is 39.1 Å². The lowest BCUT2D eigenvalue weighted by Gasteiger charge is -2.26. The van der Waals surface area contributed by atoms with Crippen molar-refractivity contribution in [2.75, 3.05) is 32.2 Å². The monoisotopic (exact) mass is 340 g/mol. The number of nitrogens with zero attached hydrogens (tertiary/aromatic N) is 1. The molecule has 0 radical (unpaired) electrons. The van der Waals surface area contributed by atoms with E-state index < -0.39 is 0 Å². The molecule has 0 saturated heterocycles. The molecular formula is C19H20N2O4. The molecule has 1 aliphatic rings. The SMILES string of the molecule is COc1ccccc1C(=O)NCCc1ccc2c(c1)N(C)C(=O)CO2. The average molecular weight is 340 g/mol. The van der Waals surface area contributed by atoms with Crippen molar-refractivity contribution in [3.8, 4) is 11.5 Å². The summed E-state index contributed by atoms with van der Waals surface area (Å²) in [7, 11) is 3.27.